The molecule has 1 aromatic heterocycles. The van der Waals surface area contributed by atoms with Gasteiger partial charge in [-0.3, -0.25) is 4.79 Å². The minimum absolute atomic E-state index is 0.00386. The van der Waals surface area contributed by atoms with Gasteiger partial charge in [-0.1, -0.05) is 23.5 Å². The Kier molecular flexibility index (Phi) is 3.81. The van der Waals surface area contributed by atoms with E-state index in [1.807, 2.05) is 0 Å². The van der Waals surface area contributed by atoms with Gasteiger partial charge >= 0.3 is 0 Å². The number of carbonyl (C=O) groups is 1. The van der Waals surface area contributed by atoms with Crippen LogP contribution in [0.1, 0.15) is 44.1 Å². The van der Waals surface area contributed by atoms with Gasteiger partial charge in [-0.2, -0.15) is 0 Å². The SMILES string of the molecule is Cc1cccc2sc(N3CCN(C(=O)C45CC6CC(CC(C6)C4)C5)CC3)nc12. The lowest BCUT2D eigenvalue weighted by Crippen LogP contribution is -2.58. The van der Waals surface area contributed by atoms with Crippen molar-refractivity contribution >= 4 is 32.6 Å². The van der Waals surface area contributed by atoms with Crippen molar-refractivity contribution in [2.24, 2.45) is 23.2 Å². The Bertz CT molecular complexity index is 892. The highest BCUT2D eigenvalue weighted by Gasteiger charge is 2.55. The van der Waals surface area contributed by atoms with Gasteiger partial charge in [0, 0.05) is 26.2 Å². The van der Waals surface area contributed by atoms with E-state index in [9.17, 15) is 4.79 Å². The lowest BCUT2D eigenvalue weighted by molar-refractivity contribution is -0.158. The first-order valence-corrected chi connectivity index (χ1v) is 11.8. The van der Waals surface area contributed by atoms with E-state index in [4.69, 9.17) is 4.98 Å². The zero-order valence-electron chi connectivity index (χ0n) is 16.7. The summed E-state index contributed by atoms with van der Waals surface area (Å²) in [7, 11) is 0. The summed E-state index contributed by atoms with van der Waals surface area (Å²) in [6, 6.07) is 6.41. The molecule has 1 amide bonds. The van der Waals surface area contributed by atoms with E-state index in [0.717, 1.165) is 54.6 Å². The molecular weight excluding hydrogens is 366 g/mol. The Balaban J connectivity index is 1.17. The molecule has 1 aliphatic heterocycles. The second-order valence-electron chi connectivity index (χ2n) is 9.90. The highest BCUT2D eigenvalue weighted by atomic mass is 32.1. The number of aryl methyl sites for hydroxylation is 1. The van der Waals surface area contributed by atoms with Gasteiger partial charge in [0.1, 0.15) is 0 Å². The fourth-order valence-corrected chi connectivity index (χ4v) is 8.11. The molecule has 1 saturated heterocycles. The second-order valence-corrected chi connectivity index (χ2v) is 10.9. The third-order valence-corrected chi connectivity index (χ3v) is 9.02. The van der Waals surface area contributed by atoms with Crippen molar-refractivity contribution in [3.63, 3.8) is 0 Å². The molecule has 5 fully saturated rings. The van der Waals surface area contributed by atoms with Gasteiger partial charge in [0.05, 0.1) is 15.6 Å². The normalized spacial score (nSPS) is 34.4. The summed E-state index contributed by atoms with van der Waals surface area (Å²) in [5.41, 5.74) is 2.38. The number of para-hydroxylation sites is 1. The molecule has 4 saturated carbocycles. The van der Waals surface area contributed by atoms with Crippen LogP contribution < -0.4 is 4.90 Å². The number of benzene rings is 1. The van der Waals surface area contributed by atoms with E-state index in [1.54, 1.807) is 11.3 Å². The summed E-state index contributed by atoms with van der Waals surface area (Å²) in [4.78, 5) is 23.1. The fourth-order valence-electron chi connectivity index (χ4n) is 7.02. The predicted octanol–water partition coefficient (Wildman–Crippen LogP) is 4.47. The molecule has 5 heteroatoms. The summed E-state index contributed by atoms with van der Waals surface area (Å²) >= 11 is 1.79. The number of carbonyl (C=O) groups excluding carboxylic acids is 1. The lowest BCUT2D eigenvalue weighted by Gasteiger charge is -2.57. The Hall–Kier alpha value is -1.62. The smallest absolute Gasteiger partial charge is 0.228 e. The van der Waals surface area contributed by atoms with Gasteiger partial charge in [0.2, 0.25) is 5.91 Å². The number of thiazole rings is 1. The molecule has 4 aliphatic carbocycles. The fraction of sp³-hybridized carbons (Fsp3) is 0.652. The van der Waals surface area contributed by atoms with Crippen molar-refractivity contribution < 1.29 is 4.79 Å². The monoisotopic (exact) mass is 395 g/mol. The molecule has 5 aliphatic rings. The van der Waals surface area contributed by atoms with Crippen molar-refractivity contribution in [1.29, 1.82) is 0 Å². The molecule has 0 spiro atoms. The molecule has 1 aromatic carbocycles. The molecule has 0 N–H and O–H groups in total. The first-order valence-electron chi connectivity index (χ1n) is 11.0. The summed E-state index contributed by atoms with van der Waals surface area (Å²) < 4.78 is 1.27. The van der Waals surface area contributed by atoms with Crippen LogP contribution in [0.3, 0.4) is 0 Å². The van der Waals surface area contributed by atoms with Gasteiger partial charge in [-0.25, -0.2) is 4.98 Å². The number of hydrogen-bond donors (Lipinski definition) is 0. The maximum Gasteiger partial charge on any atom is 0.228 e. The van der Waals surface area contributed by atoms with Gasteiger partial charge in [0.25, 0.3) is 0 Å². The van der Waals surface area contributed by atoms with E-state index in [1.165, 1.54) is 48.8 Å². The molecule has 2 heterocycles. The summed E-state index contributed by atoms with van der Waals surface area (Å²) in [6.07, 6.45) is 7.73. The predicted molar refractivity (Wildman–Crippen MR) is 114 cm³/mol. The molecule has 0 radical (unpaired) electrons. The average molecular weight is 396 g/mol. The standard InChI is InChI=1S/C23H29N3OS/c1-15-3-2-4-19-20(15)24-22(28-19)26-7-5-25(6-8-26)21(27)23-12-16-9-17(13-23)11-18(10-16)14-23/h2-4,16-18H,5-14H2,1H3. The number of aromatic nitrogens is 1. The number of rotatable bonds is 2. The van der Waals surface area contributed by atoms with Crippen molar-refractivity contribution in [1.82, 2.24) is 9.88 Å². The quantitative estimate of drug-likeness (QED) is 0.753. The van der Waals surface area contributed by atoms with Crippen LogP contribution >= 0.6 is 11.3 Å². The molecular formula is C23H29N3OS. The Morgan fingerprint density at radius 1 is 1.04 bits per heavy atom. The van der Waals surface area contributed by atoms with Crippen LogP contribution in [-0.4, -0.2) is 42.0 Å². The number of amides is 1. The van der Waals surface area contributed by atoms with E-state index in [2.05, 4.69) is 34.9 Å². The summed E-state index contributed by atoms with van der Waals surface area (Å²) in [6.45, 7) is 5.67. The molecule has 0 atom stereocenters. The molecule has 7 rings (SSSR count). The first kappa shape index (κ1) is 17.3. The van der Waals surface area contributed by atoms with Gasteiger partial charge < -0.3 is 9.80 Å². The van der Waals surface area contributed by atoms with E-state index >= 15 is 0 Å². The van der Waals surface area contributed by atoms with Gasteiger partial charge in [-0.05, 0) is 74.8 Å². The summed E-state index contributed by atoms with van der Waals surface area (Å²) in [5.74, 6) is 3.00. The molecule has 28 heavy (non-hydrogen) atoms. The van der Waals surface area contributed by atoms with Crippen LogP contribution in [0.15, 0.2) is 18.2 Å². The zero-order valence-corrected chi connectivity index (χ0v) is 17.5. The number of hydrogen-bond acceptors (Lipinski definition) is 4. The maximum absolute atomic E-state index is 13.6. The Morgan fingerprint density at radius 2 is 1.68 bits per heavy atom. The highest BCUT2D eigenvalue weighted by molar-refractivity contribution is 7.22. The lowest BCUT2D eigenvalue weighted by atomic mass is 9.49. The topological polar surface area (TPSA) is 36.4 Å². The van der Waals surface area contributed by atoms with Gasteiger partial charge in [0.15, 0.2) is 5.13 Å². The van der Waals surface area contributed by atoms with Crippen LogP contribution in [-0.2, 0) is 4.79 Å². The largest absolute Gasteiger partial charge is 0.345 e. The number of nitrogens with zero attached hydrogens (tertiary/aromatic N) is 3. The molecule has 4 bridgehead atoms. The number of piperazine rings is 1. The first-order chi connectivity index (χ1) is 13.6. The Morgan fingerprint density at radius 3 is 2.29 bits per heavy atom. The van der Waals surface area contributed by atoms with Crippen molar-refractivity contribution in [2.75, 3.05) is 31.1 Å². The van der Waals surface area contributed by atoms with E-state index in [-0.39, 0.29) is 5.41 Å². The minimum atomic E-state index is 0.00386. The van der Waals surface area contributed by atoms with E-state index < -0.39 is 0 Å². The third kappa shape index (κ3) is 2.62. The Labute approximate surface area is 170 Å². The van der Waals surface area contributed by atoms with Crippen molar-refractivity contribution in [2.45, 2.75) is 45.4 Å². The minimum Gasteiger partial charge on any atom is -0.345 e. The maximum atomic E-state index is 13.6. The van der Waals surface area contributed by atoms with Crippen LogP contribution in [0, 0.1) is 30.1 Å². The van der Waals surface area contributed by atoms with Crippen molar-refractivity contribution in [3.8, 4) is 0 Å². The molecule has 148 valence electrons. The summed E-state index contributed by atoms with van der Waals surface area (Å²) in [5, 5.41) is 1.12. The molecule has 2 aromatic rings. The average Bonchev–Trinajstić information content (AvgIpc) is 3.12. The van der Waals surface area contributed by atoms with Crippen molar-refractivity contribution in [3.05, 3.63) is 23.8 Å². The highest BCUT2D eigenvalue weighted by Crippen LogP contribution is 2.60. The van der Waals surface area contributed by atoms with Crippen LogP contribution in [0.4, 0.5) is 5.13 Å². The number of fused-ring (bicyclic) bond motifs is 1. The molecule has 4 nitrogen and oxygen atoms in total. The second kappa shape index (κ2) is 6.19. The van der Waals surface area contributed by atoms with Crippen LogP contribution in [0.2, 0.25) is 0 Å². The molecule has 0 unspecified atom stereocenters. The number of anilines is 1. The van der Waals surface area contributed by atoms with E-state index in [0.29, 0.717) is 5.91 Å². The van der Waals surface area contributed by atoms with Gasteiger partial charge in [-0.15, -0.1) is 0 Å². The third-order valence-electron chi connectivity index (χ3n) is 7.94. The van der Waals surface area contributed by atoms with Crippen LogP contribution in [0.25, 0.3) is 10.2 Å². The van der Waals surface area contributed by atoms with Crippen LogP contribution in [0.5, 0.6) is 0 Å². The zero-order chi connectivity index (χ0) is 18.9.